The summed E-state index contributed by atoms with van der Waals surface area (Å²) < 4.78 is 40.6. The lowest BCUT2D eigenvalue weighted by Gasteiger charge is -2.17. The van der Waals surface area contributed by atoms with Crippen molar-refractivity contribution in [3.63, 3.8) is 0 Å². The summed E-state index contributed by atoms with van der Waals surface area (Å²) in [6.45, 7) is 0.597. The zero-order valence-corrected chi connectivity index (χ0v) is 15.6. The predicted octanol–water partition coefficient (Wildman–Crippen LogP) is 3.83. The fraction of sp³-hybridized carbons (Fsp3) is 0.0952. The zero-order chi connectivity index (χ0) is 19.7. The average molecular weight is 396 g/mol. The van der Waals surface area contributed by atoms with Gasteiger partial charge in [-0.25, -0.2) is 12.8 Å². The minimum absolute atomic E-state index is 0.00451. The molecule has 3 aromatic rings. The molecule has 142 valence electrons. The predicted molar refractivity (Wildman–Crippen MR) is 105 cm³/mol. The first kappa shape index (κ1) is 18.2. The molecule has 28 heavy (non-hydrogen) atoms. The van der Waals surface area contributed by atoms with Gasteiger partial charge in [-0.05, 0) is 60.5 Å². The number of nitrogens with one attached hydrogen (secondary N) is 1. The van der Waals surface area contributed by atoms with Crippen LogP contribution in [-0.2, 0) is 16.4 Å². The van der Waals surface area contributed by atoms with E-state index in [1.807, 2.05) is 24.3 Å². The van der Waals surface area contributed by atoms with Crippen LogP contribution < -0.4 is 9.62 Å². The molecule has 1 aliphatic rings. The minimum atomic E-state index is -3.88. The number of fused-ring (bicyclic) bond motifs is 1. The maximum atomic E-state index is 13.3. The van der Waals surface area contributed by atoms with Crippen molar-refractivity contribution in [2.24, 2.45) is 0 Å². The Morgan fingerprint density at radius 1 is 0.964 bits per heavy atom. The Balaban J connectivity index is 1.55. The third-order valence-corrected chi connectivity index (χ3v) is 6.02. The van der Waals surface area contributed by atoms with Crippen LogP contribution >= 0.6 is 0 Å². The smallest absolute Gasteiger partial charge is 0.261 e. The minimum Gasteiger partial charge on any atom is -0.308 e. The van der Waals surface area contributed by atoms with E-state index < -0.39 is 15.8 Å². The molecule has 1 aliphatic heterocycles. The van der Waals surface area contributed by atoms with Gasteiger partial charge in [-0.2, -0.15) is 0 Å². The van der Waals surface area contributed by atoms with Crippen molar-refractivity contribution in [1.82, 2.24) is 0 Å². The number of benzene rings is 3. The molecule has 1 N–H and O–H groups in total. The largest absolute Gasteiger partial charge is 0.308 e. The summed E-state index contributed by atoms with van der Waals surface area (Å²) in [6.07, 6.45) is 0.798. The van der Waals surface area contributed by atoms with Gasteiger partial charge in [-0.1, -0.05) is 24.3 Å². The Hall–Kier alpha value is -3.19. The number of para-hydroxylation sites is 1. The number of rotatable bonds is 4. The summed E-state index contributed by atoms with van der Waals surface area (Å²) in [5.41, 5.74) is 2.54. The summed E-state index contributed by atoms with van der Waals surface area (Å²) in [5, 5.41) is 0. The molecule has 0 bridgehead atoms. The summed E-state index contributed by atoms with van der Waals surface area (Å²) >= 11 is 0. The van der Waals surface area contributed by atoms with E-state index in [0.29, 0.717) is 12.1 Å². The van der Waals surface area contributed by atoms with Gasteiger partial charge in [-0.3, -0.25) is 9.52 Å². The highest BCUT2D eigenvalue weighted by atomic mass is 32.2. The maximum absolute atomic E-state index is 13.3. The van der Waals surface area contributed by atoms with E-state index >= 15 is 0 Å². The molecular weight excluding hydrogens is 379 g/mol. The molecule has 5 nitrogen and oxygen atoms in total. The van der Waals surface area contributed by atoms with E-state index in [4.69, 9.17) is 0 Å². The van der Waals surface area contributed by atoms with Gasteiger partial charge in [0.15, 0.2) is 0 Å². The average Bonchev–Trinajstić information content (AvgIpc) is 3.11. The van der Waals surface area contributed by atoms with Gasteiger partial charge >= 0.3 is 0 Å². The number of hydrogen-bond donors (Lipinski definition) is 1. The van der Waals surface area contributed by atoms with Crippen LogP contribution in [0.3, 0.4) is 0 Å². The number of anilines is 2. The van der Waals surface area contributed by atoms with Gasteiger partial charge in [0.1, 0.15) is 5.82 Å². The molecule has 0 aliphatic carbocycles. The van der Waals surface area contributed by atoms with Crippen LogP contribution in [0, 0.1) is 5.82 Å². The van der Waals surface area contributed by atoms with Gasteiger partial charge < -0.3 is 4.90 Å². The molecule has 7 heteroatoms. The summed E-state index contributed by atoms with van der Waals surface area (Å²) in [7, 11) is -3.88. The highest BCUT2D eigenvalue weighted by Crippen LogP contribution is 2.29. The Bertz CT molecular complexity index is 1140. The second-order valence-corrected chi connectivity index (χ2v) is 8.16. The number of carbonyl (C=O) groups is 1. The topological polar surface area (TPSA) is 66.5 Å². The third-order valence-electron chi connectivity index (χ3n) is 4.62. The lowest BCUT2D eigenvalue weighted by atomic mass is 10.1. The van der Waals surface area contributed by atoms with Crippen LogP contribution in [0.5, 0.6) is 0 Å². The molecule has 1 heterocycles. The van der Waals surface area contributed by atoms with Crippen LogP contribution in [0.25, 0.3) is 0 Å². The van der Waals surface area contributed by atoms with Crippen molar-refractivity contribution in [1.29, 1.82) is 0 Å². The van der Waals surface area contributed by atoms with Crippen LogP contribution in [-0.4, -0.2) is 20.9 Å². The normalized spacial score (nSPS) is 13.2. The van der Waals surface area contributed by atoms with Gasteiger partial charge in [0, 0.05) is 17.8 Å². The lowest BCUT2D eigenvalue weighted by molar-refractivity contribution is 0.0989. The monoisotopic (exact) mass is 396 g/mol. The first-order chi connectivity index (χ1) is 13.4. The maximum Gasteiger partial charge on any atom is 0.261 e. The molecular formula is C21H17FN2O3S. The Kier molecular flexibility index (Phi) is 4.60. The van der Waals surface area contributed by atoms with E-state index in [2.05, 4.69) is 4.72 Å². The standard InChI is InChI=1S/C21H17FN2O3S/c22-17-5-3-6-18(14-17)23-28(26,27)19-10-8-16(9-11-19)21(25)24-13-12-15-4-1-2-7-20(15)24/h1-11,14,23H,12-13H2. The van der Waals surface area contributed by atoms with Crippen LogP contribution in [0.2, 0.25) is 0 Å². The Morgan fingerprint density at radius 2 is 1.71 bits per heavy atom. The molecule has 0 spiro atoms. The number of sulfonamides is 1. The number of halogens is 1. The fourth-order valence-corrected chi connectivity index (χ4v) is 4.30. The van der Waals surface area contributed by atoms with E-state index in [0.717, 1.165) is 23.7 Å². The second kappa shape index (κ2) is 7.09. The highest BCUT2D eigenvalue weighted by molar-refractivity contribution is 7.92. The SMILES string of the molecule is O=C(c1ccc(S(=O)(=O)Nc2cccc(F)c2)cc1)N1CCc2ccccc21. The summed E-state index contributed by atoms with van der Waals surface area (Å²) in [6, 6.07) is 18.7. The third kappa shape index (κ3) is 3.48. The number of hydrogen-bond acceptors (Lipinski definition) is 3. The molecule has 3 aromatic carbocycles. The quantitative estimate of drug-likeness (QED) is 0.729. The molecule has 0 saturated heterocycles. The Morgan fingerprint density at radius 3 is 2.46 bits per heavy atom. The van der Waals surface area contributed by atoms with Gasteiger partial charge in [0.25, 0.3) is 15.9 Å². The van der Waals surface area contributed by atoms with Crippen molar-refractivity contribution in [3.05, 3.63) is 89.7 Å². The molecule has 4 rings (SSSR count). The molecule has 0 fully saturated rings. The molecule has 0 unspecified atom stereocenters. The van der Waals surface area contributed by atoms with E-state index in [1.165, 1.54) is 42.5 Å². The molecule has 0 atom stereocenters. The molecule has 0 radical (unpaired) electrons. The fourth-order valence-electron chi connectivity index (χ4n) is 3.25. The van der Waals surface area contributed by atoms with Crippen LogP contribution in [0.4, 0.5) is 15.8 Å². The Labute approximate surface area is 162 Å². The van der Waals surface area contributed by atoms with Crippen LogP contribution in [0.15, 0.2) is 77.7 Å². The van der Waals surface area contributed by atoms with Crippen LogP contribution in [0.1, 0.15) is 15.9 Å². The van der Waals surface area contributed by atoms with Crippen molar-refractivity contribution >= 4 is 27.3 Å². The van der Waals surface area contributed by atoms with Crippen molar-refractivity contribution in [2.45, 2.75) is 11.3 Å². The van der Waals surface area contributed by atoms with Crippen molar-refractivity contribution in [3.8, 4) is 0 Å². The number of amides is 1. The van der Waals surface area contributed by atoms with Gasteiger partial charge in [-0.15, -0.1) is 0 Å². The molecule has 0 aromatic heterocycles. The first-order valence-electron chi connectivity index (χ1n) is 8.72. The molecule has 1 amide bonds. The number of nitrogens with zero attached hydrogens (tertiary/aromatic N) is 1. The summed E-state index contributed by atoms with van der Waals surface area (Å²) in [4.78, 5) is 14.5. The number of carbonyl (C=O) groups excluding carboxylic acids is 1. The van der Waals surface area contributed by atoms with E-state index in [9.17, 15) is 17.6 Å². The summed E-state index contributed by atoms with van der Waals surface area (Å²) in [5.74, 6) is -0.709. The first-order valence-corrected chi connectivity index (χ1v) is 10.2. The van der Waals surface area contributed by atoms with Gasteiger partial charge in [0.2, 0.25) is 0 Å². The van der Waals surface area contributed by atoms with E-state index in [1.54, 1.807) is 4.90 Å². The van der Waals surface area contributed by atoms with Gasteiger partial charge in [0.05, 0.1) is 10.6 Å². The second-order valence-electron chi connectivity index (χ2n) is 6.48. The van der Waals surface area contributed by atoms with Crippen molar-refractivity contribution < 1.29 is 17.6 Å². The van der Waals surface area contributed by atoms with Crippen molar-refractivity contribution in [2.75, 3.05) is 16.2 Å². The highest BCUT2D eigenvalue weighted by Gasteiger charge is 2.25. The van der Waals surface area contributed by atoms with E-state index in [-0.39, 0.29) is 16.5 Å². The lowest BCUT2D eigenvalue weighted by Crippen LogP contribution is -2.28. The molecule has 0 saturated carbocycles. The zero-order valence-electron chi connectivity index (χ0n) is 14.8.